The fourth-order valence-electron chi connectivity index (χ4n) is 3.39. The Morgan fingerprint density at radius 1 is 0.818 bits per heavy atom. The van der Waals surface area contributed by atoms with E-state index in [2.05, 4.69) is 10.3 Å². The lowest BCUT2D eigenvalue weighted by molar-refractivity contribution is -0.119. The van der Waals surface area contributed by atoms with E-state index in [1.807, 2.05) is 84.9 Å². The molecule has 0 aliphatic heterocycles. The van der Waals surface area contributed by atoms with Gasteiger partial charge in [-0.2, -0.15) is 0 Å². The first-order chi connectivity index (χ1) is 16.2. The molecule has 0 saturated heterocycles. The van der Waals surface area contributed by atoms with Crippen LogP contribution in [0.25, 0.3) is 31.2 Å². The number of nitrogens with one attached hydrogen (secondary N) is 1. The van der Waals surface area contributed by atoms with Gasteiger partial charge in [0.1, 0.15) is 9.88 Å². The Morgan fingerprint density at radius 3 is 2.42 bits per heavy atom. The van der Waals surface area contributed by atoms with E-state index < -0.39 is 11.9 Å². The van der Waals surface area contributed by atoms with Crippen molar-refractivity contribution >= 4 is 50.5 Å². The molecule has 0 aliphatic rings. The molecule has 0 aliphatic carbocycles. The fourth-order valence-corrected chi connectivity index (χ4v) is 5.31. The van der Waals surface area contributed by atoms with Gasteiger partial charge in [0.05, 0.1) is 15.1 Å². The molecule has 33 heavy (non-hydrogen) atoms. The van der Waals surface area contributed by atoms with E-state index in [4.69, 9.17) is 4.74 Å². The number of thiazole rings is 1. The number of hydrogen-bond donors (Lipinski definition) is 1. The van der Waals surface area contributed by atoms with Gasteiger partial charge >= 0.3 is 5.97 Å². The normalized spacial score (nSPS) is 10.8. The average Bonchev–Trinajstić information content (AvgIpc) is 3.51. The number of rotatable bonds is 6. The molecular formula is C26H18N2O3S2. The van der Waals surface area contributed by atoms with E-state index in [1.165, 1.54) is 11.3 Å². The maximum Gasteiger partial charge on any atom is 0.348 e. The van der Waals surface area contributed by atoms with E-state index in [0.717, 1.165) is 31.2 Å². The first-order valence-corrected chi connectivity index (χ1v) is 11.9. The summed E-state index contributed by atoms with van der Waals surface area (Å²) < 4.78 is 6.35. The molecule has 7 heteroatoms. The zero-order chi connectivity index (χ0) is 22.6. The third-order valence-corrected chi connectivity index (χ3v) is 7.20. The summed E-state index contributed by atoms with van der Waals surface area (Å²) in [6.07, 6.45) is 0. The van der Waals surface area contributed by atoms with Crippen LogP contribution >= 0.6 is 22.7 Å². The van der Waals surface area contributed by atoms with E-state index in [1.54, 1.807) is 17.4 Å². The number of thiophene rings is 1. The Balaban J connectivity index is 1.23. The molecule has 1 amide bonds. The number of carbonyl (C=O) groups is 2. The third kappa shape index (κ3) is 4.69. The Morgan fingerprint density at radius 2 is 1.58 bits per heavy atom. The van der Waals surface area contributed by atoms with Crippen molar-refractivity contribution in [3.63, 3.8) is 0 Å². The van der Waals surface area contributed by atoms with Crippen LogP contribution in [-0.4, -0.2) is 23.5 Å². The number of fused-ring (bicyclic) bond motifs is 1. The summed E-state index contributed by atoms with van der Waals surface area (Å²) in [6.45, 7) is -0.365. The largest absolute Gasteiger partial charge is 0.451 e. The van der Waals surface area contributed by atoms with Crippen LogP contribution in [0.2, 0.25) is 0 Å². The highest BCUT2D eigenvalue weighted by atomic mass is 32.1. The number of esters is 1. The molecule has 1 N–H and O–H groups in total. The van der Waals surface area contributed by atoms with Crippen LogP contribution in [-0.2, 0) is 9.53 Å². The molecule has 0 saturated carbocycles. The molecule has 5 rings (SSSR count). The van der Waals surface area contributed by atoms with Crippen molar-refractivity contribution in [2.75, 3.05) is 11.9 Å². The minimum absolute atomic E-state index is 0.365. The number of para-hydroxylation sites is 2. The molecule has 2 aromatic heterocycles. The Bertz CT molecular complexity index is 1410. The van der Waals surface area contributed by atoms with Crippen LogP contribution in [0, 0.1) is 0 Å². The molecule has 0 radical (unpaired) electrons. The van der Waals surface area contributed by atoms with E-state index >= 15 is 0 Å². The lowest BCUT2D eigenvalue weighted by atomic mass is 10.0. The number of carbonyl (C=O) groups excluding carboxylic acids is 2. The molecule has 3 aromatic carbocycles. The Hall–Kier alpha value is -3.81. The first kappa shape index (κ1) is 21.1. The van der Waals surface area contributed by atoms with Crippen LogP contribution < -0.4 is 5.32 Å². The molecule has 2 heterocycles. The van der Waals surface area contributed by atoms with Gasteiger partial charge in [0, 0.05) is 11.3 Å². The van der Waals surface area contributed by atoms with E-state index in [9.17, 15) is 9.59 Å². The van der Waals surface area contributed by atoms with Crippen molar-refractivity contribution in [3.8, 4) is 21.0 Å². The molecule has 162 valence electrons. The number of nitrogens with zero attached hydrogens (tertiary/aromatic N) is 1. The maximum absolute atomic E-state index is 12.5. The topological polar surface area (TPSA) is 68.3 Å². The fraction of sp³-hybridized carbons (Fsp3) is 0.0385. The monoisotopic (exact) mass is 470 g/mol. The van der Waals surface area contributed by atoms with Crippen LogP contribution in [0.3, 0.4) is 0 Å². The molecular weight excluding hydrogens is 452 g/mol. The van der Waals surface area contributed by atoms with Gasteiger partial charge < -0.3 is 10.1 Å². The van der Waals surface area contributed by atoms with Crippen molar-refractivity contribution in [1.29, 1.82) is 0 Å². The minimum atomic E-state index is -0.529. The number of aromatic nitrogens is 1. The summed E-state index contributed by atoms with van der Waals surface area (Å²) in [4.78, 5) is 30.9. The summed E-state index contributed by atoms with van der Waals surface area (Å²) in [6, 6.07) is 28.8. The van der Waals surface area contributed by atoms with Gasteiger partial charge in [0.2, 0.25) is 0 Å². The Labute approximate surface area is 198 Å². The molecule has 5 nitrogen and oxygen atoms in total. The van der Waals surface area contributed by atoms with Crippen molar-refractivity contribution < 1.29 is 14.3 Å². The smallest absolute Gasteiger partial charge is 0.348 e. The van der Waals surface area contributed by atoms with Gasteiger partial charge in [-0.25, -0.2) is 9.78 Å². The summed E-state index contributed by atoms with van der Waals surface area (Å²) >= 11 is 2.88. The van der Waals surface area contributed by atoms with Crippen LogP contribution in [0.1, 0.15) is 9.67 Å². The van der Waals surface area contributed by atoms with Crippen molar-refractivity contribution in [3.05, 3.63) is 95.9 Å². The lowest BCUT2D eigenvalue weighted by Crippen LogP contribution is -2.20. The predicted octanol–water partition coefficient (Wildman–Crippen LogP) is 6.49. The van der Waals surface area contributed by atoms with Gasteiger partial charge in [-0.3, -0.25) is 4.79 Å². The molecule has 0 bridgehead atoms. The molecule has 0 fully saturated rings. The highest BCUT2D eigenvalue weighted by molar-refractivity contribution is 7.26. The second kappa shape index (κ2) is 9.36. The zero-order valence-corrected chi connectivity index (χ0v) is 19.0. The highest BCUT2D eigenvalue weighted by Gasteiger charge is 2.16. The number of benzene rings is 3. The standard InChI is InChI=1S/C26H18N2O3S2/c29-24(27-19-11-5-4-10-18(19)17-8-2-1-3-9-17)16-31-26(30)23-15-14-22(32-23)25-28-20-12-6-7-13-21(20)33-25/h1-15H,16H2,(H,27,29). The average molecular weight is 471 g/mol. The SMILES string of the molecule is O=C(COC(=O)c1ccc(-c2nc3ccccc3s2)s1)Nc1ccccc1-c1ccccc1. The zero-order valence-electron chi connectivity index (χ0n) is 17.4. The number of amides is 1. The van der Waals surface area contributed by atoms with E-state index in [0.29, 0.717) is 10.6 Å². The van der Waals surface area contributed by atoms with Gasteiger partial charge in [-0.15, -0.1) is 22.7 Å². The summed E-state index contributed by atoms with van der Waals surface area (Å²) in [5.74, 6) is -0.923. The lowest BCUT2D eigenvalue weighted by Gasteiger charge is -2.11. The van der Waals surface area contributed by atoms with Crippen LogP contribution in [0.15, 0.2) is 91.0 Å². The van der Waals surface area contributed by atoms with Gasteiger partial charge in [0.15, 0.2) is 6.61 Å². The first-order valence-electron chi connectivity index (χ1n) is 10.2. The highest BCUT2D eigenvalue weighted by Crippen LogP contribution is 2.34. The van der Waals surface area contributed by atoms with Gasteiger partial charge in [-0.1, -0.05) is 60.7 Å². The molecule has 0 spiro atoms. The van der Waals surface area contributed by atoms with Crippen molar-refractivity contribution in [2.45, 2.75) is 0 Å². The van der Waals surface area contributed by atoms with Gasteiger partial charge in [-0.05, 0) is 35.9 Å². The minimum Gasteiger partial charge on any atom is -0.451 e. The molecule has 0 atom stereocenters. The van der Waals surface area contributed by atoms with Crippen molar-refractivity contribution in [2.24, 2.45) is 0 Å². The quantitative estimate of drug-likeness (QED) is 0.288. The predicted molar refractivity (Wildman–Crippen MR) is 134 cm³/mol. The summed E-state index contributed by atoms with van der Waals surface area (Å²) in [7, 11) is 0. The maximum atomic E-state index is 12.5. The second-order valence-corrected chi connectivity index (χ2v) is 9.30. The third-order valence-electron chi connectivity index (χ3n) is 4.93. The van der Waals surface area contributed by atoms with E-state index in [-0.39, 0.29) is 6.61 Å². The molecule has 5 aromatic rings. The second-order valence-electron chi connectivity index (χ2n) is 7.19. The number of anilines is 1. The van der Waals surface area contributed by atoms with Crippen LogP contribution in [0.4, 0.5) is 5.69 Å². The van der Waals surface area contributed by atoms with Gasteiger partial charge in [0.25, 0.3) is 5.91 Å². The van der Waals surface area contributed by atoms with Crippen molar-refractivity contribution in [1.82, 2.24) is 4.98 Å². The number of hydrogen-bond acceptors (Lipinski definition) is 6. The summed E-state index contributed by atoms with van der Waals surface area (Å²) in [5, 5.41) is 3.70. The Kier molecular flexibility index (Phi) is 5.97. The summed E-state index contributed by atoms with van der Waals surface area (Å²) in [5.41, 5.74) is 3.49. The number of ether oxygens (including phenoxy) is 1. The van der Waals surface area contributed by atoms with Crippen LogP contribution in [0.5, 0.6) is 0 Å². The molecule has 0 unspecified atom stereocenters.